The van der Waals surface area contributed by atoms with Gasteiger partial charge < -0.3 is 14.3 Å². The summed E-state index contributed by atoms with van der Waals surface area (Å²) in [5, 5.41) is 3.64. The maximum atomic E-state index is 14.0. The molecule has 0 fully saturated rings. The molecule has 0 spiro atoms. The number of pyridine rings is 1. The molecule has 0 bridgehead atoms. The van der Waals surface area contributed by atoms with Crippen LogP contribution >= 0.6 is 11.3 Å². The Morgan fingerprint density at radius 2 is 2.00 bits per heavy atom. The number of aromatic nitrogens is 1. The zero-order chi connectivity index (χ0) is 21.3. The molecule has 30 heavy (non-hydrogen) atoms. The Hall–Kier alpha value is -2.59. The van der Waals surface area contributed by atoms with E-state index in [1.54, 1.807) is 7.11 Å². The van der Waals surface area contributed by atoms with Crippen molar-refractivity contribution >= 4 is 43.6 Å². The van der Waals surface area contributed by atoms with Crippen LogP contribution in [0.1, 0.15) is 5.56 Å². The van der Waals surface area contributed by atoms with Crippen LogP contribution in [0.15, 0.2) is 52.6 Å². The first kappa shape index (κ1) is 20.7. The number of aromatic amines is 1. The molecule has 0 saturated heterocycles. The van der Waals surface area contributed by atoms with Crippen LogP contribution < -0.4 is 15.0 Å². The molecule has 0 saturated carbocycles. The molecule has 2 N–H and O–H groups in total. The van der Waals surface area contributed by atoms with Gasteiger partial charge in [0, 0.05) is 46.1 Å². The van der Waals surface area contributed by atoms with Crippen LogP contribution in [0.4, 0.5) is 4.39 Å². The van der Waals surface area contributed by atoms with Crippen molar-refractivity contribution in [2.24, 2.45) is 0 Å². The third-order valence-corrected chi connectivity index (χ3v) is 6.21. The van der Waals surface area contributed by atoms with Crippen molar-refractivity contribution in [3.8, 4) is 16.9 Å². The fraction of sp³-hybridized carbons (Fsp3) is 0.190. The molecular weight excluding hydrogens is 427 g/mol. The highest BCUT2D eigenvalue weighted by Gasteiger charge is 2.16. The smallest absolute Gasteiger partial charge is 0.266 e. The fourth-order valence-corrected chi connectivity index (χ4v) is 4.69. The summed E-state index contributed by atoms with van der Waals surface area (Å²) >= 11 is -1.09. The fourth-order valence-electron chi connectivity index (χ4n) is 3.58. The Balaban J connectivity index is 1.76. The lowest BCUT2D eigenvalue weighted by Gasteiger charge is -2.15. The first-order valence-corrected chi connectivity index (χ1v) is 11.1. The molecule has 0 amide bonds. The molecule has 2 heterocycles. The zero-order valence-electron chi connectivity index (χ0n) is 15.9. The van der Waals surface area contributed by atoms with E-state index in [1.807, 2.05) is 47.8 Å². The van der Waals surface area contributed by atoms with Crippen molar-refractivity contribution in [1.29, 1.82) is 0 Å². The van der Waals surface area contributed by atoms with Crippen molar-refractivity contribution in [2.45, 2.75) is 12.6 Å². The molecule has 2 aromatic heterocycles. The number of alkyl halides is 1. The molecule has 156 valence electrons. The van der Waals surface area contributed by atoms with Gasteiger partial charge in [0.15, 0.2) is 0 Å². The van der Waals surface area contributed by atoms with Gasteiger partial charge in [-0.15, -0.1) is 11.3 Å². The standard InChI is InChI=1S/C21H19FN2O4S2/c1-28-17-7-6-16-19(15-8-9-29-20(15)21(25)24-16)18(17)13-4-2-12(3-5-13)10-14(22)11-23-30(26)27/h2-9,14,23H,10-11H2,1H3,(H,24,25)(H,26,27)/p-1. The minimum Gasteiger partial charge on any atom is -0.760 e. The second-order valence-electron chi connectivity index (χ2n) is 6.76. The highest BCUT2D eigenvalue weighted by Crippen LogP contribution is 2.40. The maximum absolute atomic E-state index is 14.0. The highest BCUT2D eigenvalue weighted by atomic mass is 32.2. The van der Waals surface area contributed by atoms with E-state index in [0.717, 1.165) is 27.5 Å². The number of rotatable bonds is 7. The molecule has 0 aliphatic carbocycles. The van der Waals surface area contributed by atoms with Crippen LogP contribution in [-0.2, 0) is 17.7 Å². The van der Waals surface area contributed by atoms with E-state index < -0.39 is 17.4 Å². The largest absolute Gasteiger partial charge is 0.760 e. The molecular formula is C21H18FN2O4S2-. The molecule has 0 aliphatic rings. The van der Waals surface area contributed by atoms with Gasteiger partial charge in [-0.1, -0.05) is 24.3 Å². The third kappa shape index (κ3) is 4.01. The summed E-state index contributed by atoms with van der Waals surface area (Å²) in [5.74, 6) is 0.667. The van der Waals surface area contributed by atoms with Gasteiger partial charge in [-0.05, 0) is 34.7 Å². The van der Waals surface area contributed by atoms with Crippen molar-refractivity contribution < 1.29 is 17.9 Å². The van der Waals surface area contributed by atoms with Crippen LogP contribution in [-0.4, -0.2) is 33.6 Å². The van der Waals surface area contributed by atoms with Crippen LogP contribution in [0.2, 0.25) is 0 Å². The van der Waals surface area contributed by atoms with E-state index in [9.17, 15) is 17.9 Å². The number of nitrogens with one attached hydrogen (secondary N) is 2. The number of hydrogen-bond acceptors (Lipinski definition) is 5. The molecule has 4 aromatic rings. The summed E-state index contributed by atoms with van der Waals surface area (Å²) in [5.41, 5.74) is 3.06. The van der Waals surface area contributed by atoms with Gasteiger partial charge in [0.25, 0.3) is 5.56 Å². The Bertz CT molecular complexity index is 1280. The van der Waals surface area contributed by atoms with Gasteiger partial charge in [0.1, 0.15) is 16.6 Å². The average Bonchev–Trinajstić information content (AvgIpc) is 3.23. The van der Waals surface area contributed by atoms with Gasteiger partial charge in [-0.2, -0.15) is 0 Å². The number of thiophene rings is 1. The van der Waals surface area contributed by atoms with Crippen LogP contribution in [0.25, 0.3) is 32.1 Å². The number of hydrogen-bond donors (Lipinski definition) is 2. The van der Waals surface area contributed by atoms with Gasteiger partial charge in [0.05, 0.1) is 7.11 Å². The highest BCUT2D eigenvalue weighted by molar-refractivity contribution is 7.77. The Labute approximate surface area is 178 Å². The van der Waals surface area contributed by atoms with Crippen molar-refractivity contribution in [3.05, 3.63) is 63.8 Å². The van der Waals surface area contributed by atoms with E-state index in [-0.39, 0.29) is 18.5 Å². The summed E-state index contributed by atoms with van der Waals surface area (Å²) < 4.78 is 43.3. The molecule has 2 atom stereocenters. The monoisotopic (exact) mass is 445 g/mol. The van der Waals surface area contributed by atoms with E-state index in [2.05, 4.69) is 9.71 Å². The van der Waals surface area contributed by atoms with Crippen LogP contribution in [0.3, 0.4) is 0 Å². The topological polar surface area (TPSA) is 94.2 Å². The zero-order valence-corrected chi connectivity index (χ0v) is 17.6. The quantitative estimate of drug-likeness (QED) is 0.424. The second kappa shape index (κ2) is 8.65. The maximum Gasteiger partial charge on any atom is 0.266 e. The number of methoxy groups -OCH3 is 1. The normalized spacial score (nSPS) is 13.6. The number of H-pyrrole nitrogens is 1. The van der Waals surface area contributed by atoms with E-state index in [0.29, 0.717) is 16.0 Å². The van der Waals surface area contributed by atoms with Crippen molar-refractivity contribution in [3.63, 3.8) is 0 Å². The summed E-state index contributed by atoms with van der Waals surface area (Å²) in [6, 6.07) is 12.9. The van der Waals surface area contributed by atoms with Crippen molar-refractivity contribution in [1.82, 2.24) is 9.71 Å². The van der Waals surface area contributed by atoms with Crippen LogP contribution in [0.5, 0.6) is 5.75 Å². The second-order valence-corrected chi connectivity index (χ2v) is 8.44. The lowest BCUT2D eigenvalue weighted by molar-refractivity contribution is 0.330. The number of halogens is 1. The first-order valence-electron chi connectivity index (χ1n) is 9.14. The first-order chi connectivity index (χ1) is 14.5. The number of benzene rings is 2. The Kier molecular flexibility index (Phi) is 5.96. The SMILES string of the molecule is COc1ccc2[nH]c(=O)c3sccc3c2c1-c1ccc(CC(F)CNS(=O)[O-])cc1. The van der Waals surface area contributed by atoms with E-state index in [1.165, 1.54) is 11.3 Å². The Morgan fingerprint density at radius 3 is 2.70 bits per heavy atom. The minimum atomic E-state index is -2.48. The Morgan fingerprint density at radius 1 is 1.23 bits per heavy atom. The van der Waals surface area contributed by atoms with Crippen molar-refractivity contribution in [2.75, 3.05) is 13.7 Å². The predicted molar refractivity (Wildman–Crippen MR) is 117 cm³/mol. The molecule has 6 nitrogen and oxygen atoms in total. The molecule has 4 rings (SSSR count). The number of fused-ring (bicyclic) bond motifs is 3. The molecule has 0 radical (unpaired) electrons. The van der Waals surface area contributed by atoms with Gasteiger partial charge in [-0.25, -0.2) is 9.11 Å². The summed E-state index contributed by atoms with van der Waals surface area (Å²) in [6.07, 6.45) is -1.23. The lowest BCUT2D eigenvalue weighted by atomic mass is 9.96. The molecule has 9 heteroatoms. The molecule has 2 aromatic carbocycles. The summed E-state index contributed by atoms with van der Waals surface area (Å²) in [7, 11) is 1.59. The van der Waals surface area contributed by atoms with Crippen LogP contribution in [0, 0.1) is 0 Å². The predicted octanol–water partition coefficient (Wildman–Crippen LogP) is 3.68. The minimum absolute atomic E-state index is 0.0965. The van der Waals surface area contributed by atoms with E-state index >= 15 is 0 Å². The molecule has 2 unspecified atom stereocenters. The average molecular weight is 446 g/mol. The van der Waals surface area contributed by atoms with Gasteiger partial charge in [-0.3, -0.25) is 9.00 Å². The third-order valence-electron chi connectivity index (χ3n) is 4.90. The van der Waals surface area contributed by atoms with Gasteiger partial charge in [0.2, 0.25) is 0 Å². The summed E-state index contributed by atoms with van der Waals surface area (Å²) in [6.45, 7) is -0.265. The van der Waals surface area contributed by atoms with Gasteiger partial charge >= 0.3 is 0 Å². The number of ether oxygens (including phenoxy) is 1. The summed E-state index contributed by atoms with van der Waals surface area (Å²) in [4.78, 5) is 15.3. The van der Waals surface area contributed by atoms with E-state index in [4.69, 9.17) is 4.74 Å². The molecule has 0 aliphatic heterocycles. The lowest BCUT2D eigenvalue weighted by Crippen LogP contribution is -2.26.